The minimum absolute atomic E-state index is 0.0871. The maximum Gasteiger partial charge on any atom is 0.234 e. The van der Waals surface area contributed by atoms with Crippen molar-refractivity contribution in [3.05, 3.63) is 69.8 Å². The molecule has 1 atom stereocenters. The van der Waals surface area contributed by atoms with Crippen LogP contribution in [-0.2, 0) is 9.59 Å². The van der Waals surface area contributed by atoms with Gasteiger partial charge in [0.05, 0.1) is 29.0 Å². The molecule has 3 rings (SSSR count). The van der Waals surface area contributed by atoms with Crippen molar-refractivity contribution < 1.29 is 14.3 Å². The molecule has 0 saturated carbocycles. The molecule has 0 saturated heterocycles. The molecule has 2 aromatic rings. The quantitative estimate of drug-likeness (QED) is 0.672. The maximum atomic E-state index is 12.4. The number of allylic oxidation sites excluding steroid dienone is 1. The Hall–Kier alpha value is -3.24. The molecule has 1 heterocycles. The third kappa shape index (κ3) is 5.89. The largest absolute Gasteiger partial charge is 0.494 e. The number of hydrogen-bond acceptors (Lipinski definition) is 5. The van der Waals surface area contributed by atoms with Gasteiger partial charge in [-0.1, -0.05) is 30.0 Å². The number of anilines is 1. The Morgan fingerprint density at radius 1 is 1.23 bits per heavy atom. The Balaban J connectivity index is 1.74. The summed E-state index contributed by atoms with van der Waals surface area (Å²) >= 11 is 1.17. The van der Waals surface area contributed by atoms with E-state index in [1.807, 2.05) is 63.2 Å². The highest BCUT2D eigenvalue weighted by molar-refractivity contribution is 8.03. The second kappa shape index (κ2) is 10.2. The van der Waals surface area contributed by atoms with E-state index in [0.717, 1.165) is 28.1 Å². The number of nitrogens with zero attached hydrogens (tertiary/aromatic N) is 1. The monoisotopic (exact) mass is 435 g/mol. The number of nitriles is 1. The summed E-state index contributed by atoms with van der Waals surface area (Å²) in [7, 11) is 0. The van der Waals surface area contributed by atoms with Crippen LogP contribution in [0.1, 0.15) is 36.0 Å². The molecule has 0 aliphatic carbocycles. The summed E-state index contributed by atoms with van der Waals surface area (Å²) in [6.07, 6.45) is 0.190. The van der Waals surface area contributed by atoms with E-state index in [0.29, 0.717) is 17.2 Å². The third-order valence-corrected chi connectivity index (χ3v) is 5.82. The molecule has 160 valence electrons. The molecule has 7 heteroatoms. The van der Waals surface area contributed by atoms with E-state index in [2.05, 4.69) is 16.7 Å². The van der Waals surface area contributed by atoms with Crippen molar-refractivity contribution in [2.75, 3.05) is 17.7 Å². The van der Waals surface area contributed by atoms with Crippen molar-refractivity contribution in [3.63, 3.8) is 0 Å². The zero-order chi connectivity index (χ0) is 22.4. The van der Waals surface area contributed by atoms with Crippen LogP contribution < -0.4 is 15.4 Å². The van der Waals surface area contributed by atoms with Crippen LogP contribution in [0.4, 0.5) is 5.69 Å². The van der Waals surface area contributed by atoms with Gasteiger partial charge in [-0.05, 0) is 61.7 Å². The van der Waals surface area contributed by atoms with Crippen molar-refractivity contribution in [3.8, 4) is 11.8 Å². The van der Waals surface area contributed by atoms with Crippen LogP contribution in [-0.4, -0.2) is 24.2 Å². The highest BCUT2D eigenvalue weighted by Gasteiger charge is 2.29. The lowest BCUT2D eigenvalue weighted by atomic mass is 9.87. The summed E-state index contributed by atoms with van der Waals surface area (Å²) in [6, 6.07) is 15.5. The first-order valence-corrected chi connectivity index (χ1v) is 11.1. The van der Waals surface area contributed by atoms with Gasteiger partial charge in [0.2, 0.25) is 11.8 Å². The van der Waals surface area contributed by atoms with Gasteiger partial charge in [-0.2, -0.15) is 5.26 Å². The smallest absolute Gasteiger partial charge is 0.234 e. The van der Waals surface area contributed by atoms with Crippen LogP contribution in [0, 0.1) is 25.2 Å². The fourth-order valence-corrected chi connectivity index (χ4v) is 4.44. The second-order valence-electron chi connectivity index (χ2n) is 7.37. The van der Waals surface area contributed by atoms with Gasteiger partial charge in [-0.25, -0.2) is 0 Å². The number of thioether (sulfide) groups is 1. The molecule has 0 radical (unpaired) electrons. The van der Waals surface area contributed by atoms with Gasteiger partial charge in [0, 0.05) is 18.0 Å². The number of rotatable bonds is 7. The van der Waals surface area contributed by atoms with Gasteiger partial charge < -0.3 is 15.4 Å². The molecular formula is C24H25N3O3S. The van der Waals surface area contributed by atoms with E-state index in [1.165, 1.54) is 11.8 Å². The van der Waals surface area contributed by atoms with E-state index in [1.54, 1.807) is 0 Å². The molecule has 1 aliphatic rings. The summed E-state index contributed by atoms with van der Waals surface area (Å²) in [6.45, 7) is 6.43. The van der Waals surface area contributed by atoms with Crippen LogP contribution >= 0.6 is 11.8 Å². The highest BCUT2D eigenvalue weighted by atomic mass is 32.2. The lowest BCUT2D eigenvalue weighted by Gasteiger charge is -2.25. The normalized spacial score (nSPS) is 15.8. The lowest BCUT2D eigenvalue weighted by molar-refractivity contribution is -0.121. The molecule has 0 bridgehead atoms. The summed E-state index contributed by atoms with van der Waals surface area (Å²) in [5, 5.41) is 15.9. The fraction of sp³-hybridized carbons (Fsp3) is 0.292. The van der Waals surface area contributed by atoms with Crippen molar-refractivity contribution in [2.45, 2.75) is 33.1 Å². The Bertz CT molecular complexity index is 1030. The first-order valence-electron chi connectivity index (χ1n) is 10.1. The van der Waals surface area contributed by atoms with Gasteiger partial charge in [0.1, 0.15) is 5.75 Å². The predicted octanol–water partition coefficient (Wildman–Crippen LogP) is 4.41. The second-order valence-corrected chi connectivity index (χ2v) is 8.36. The first kappa shape index (κ1) is 22.4. The van der Waals surface area contributed by atoms with E-state index in [9.17, 15) is 14.9 Å². The van der Waals surface area contributed by atoms with Gasteiger partial charge in [0.15, 0.2) is 0 Å². The predicted molar refractivity (Wildman–Crippen MR) is 123 cm³/mol. The number of benzene rings is 2. The Labute approximate surface area is 186 Å². The SMILES string of the molecule is CCOc1ccc([C@@H]2CC(=O)NC(SCC(=O)Nc3cc(C)cc(C)c3)=C2C#N)cc1. The summed E-state index contributed by atoms with van der Waals surface area (Å²) < 4.78 is 5.47. The molecule has 0 spiro atoms. The standard InChI is InChI=1S/C24H25N3O3S/c1-4-30-19-7-5-17(6-8-19)20-12-22(28)27-24(21(20)13-25)31-14-23(29)26-18-10-15(2)9-16(3)11-18/h5-11,20H,4,12,14H2,1-3H3,(H,26,29)(H,27,28)/t20-/m0/s1. The topological polar surface area (TPSA) is 91.2 Å². The van der Waals surface area contributed by atoms with Crippen LogP contribution in [0.25, 0.3) is 0 Å². The Kier molecular flexibility index (Phi) is 7.37. The van der Waals surface area contributed by atoms with Crippen molar-refractivity contribution in [2.24, 2.45) is 0 Å². The van der Waals surface area contributed by atoms with Crippen LogP contribution in [0.3, 0.4) is 0 Å². The number of nitrogens with one attached hydrogen (secondary N) is 2. The zero-order valence-corrected chi connectivity index (χ0v) is 18.6. The number of aryl methyl sites for hydroxylation is 2. The molecule has 31 heavy (non-hydrogen) atoms. The van der Waals surface area contributed by atoms with Crippen molar-refractivity contribution >= 4 is 29.3 Å². The number of ether oxygens (including phenoxy) is 1. The third-order valence-electron chi connectivity index (χ3n) is 4.80. The van der Waals surface area contributed by atoms with Gasteiger partial charge >= 0.3 is 0 Å². The minimum atomic E-state index is -0.348. The molecule has 1 aliphatic heterocycles. The lowest BCUT2D eigenvalue weighted by Crippen LogP contribution is -2.31. The van der Waals surface area contributed by atoms with E-state index in [4.69, 9.17) is 4.74 Å². The molecule has 2 amide bonds. The number of hydrogen-bond donors (Lipinski definition) is 2. The Morgan fingerprint density at radius 2 is 1.90 bits per heavy atom. The molecule has 0 fully saturated rings. The van der Waals surface area contributed by atoms with Crippen LogP contribution in [0.5, 0.6) is 5.75 Å². The van der Waals surface area contributed by atoms with Gasteiger partial charge in [0.25, 0.3) is 0 Å². The molecule has 6 nitrogen and oxygen atoms in total. The fourth-order valence-electron chi connectivity index (χ4n) is 3.56. The average Bonchev–Trinajstić information content (AvgIpc) is 2.72. The van der Waals surface area contributed by atoms with E-state index >= 15 is 0 Å². The van der Waals surface area contributed by atoms with E-state index in [-0.39, 0.29) is 29.9 Å². The van der Waals surface area contributed by atoms with Crippen LogP contribution in [0.2, 0.25) is 0 Å². The summed E-state index contributed by atoms with van der Waals surface area (Å²) in [4.78, 5) is 24.7. The number of carbonyl (C=O) groups is 2. The molecule has 0 unspecified atom stereocenters. The van der Waals surface area contributed by atoms with Gasteiger partial charge in [-0.15, -0.1) is 0 Å². The summed E-state index contributed by atoms with van der Waals surface area (Å²) in [5.74, 6) is 0.113. The van der Waals surface area contributed by atoms with Gasteiger partial charge in [-0.3, -0.25) is 9.59 Å². The highest BCUT2D eigenvalue weighted by Crippen LogP contribution is 2.36. The van der Waals surface area contributed by atoms with E-state index < -0.39 is 0 Å². The zero-order valence-electron chi connectivity index (χ0n) is 17.8. The van der Waals surface area contributed by atoms with Crippen molar-refractivity contribution in [1.82, 2.24) is 5.32 Å². The molecule has 0 aromatic heterocycles. The molecule has 2 aromatic carbocycles. The molecular weight excluding hydrogens is 410 g/mol. The minimum Gasteiger partial charge on any atom is -0.494 e. The maximum absolute atomic E-state index is 12.4. The number of amides is 2. The first-order chi connectivity index (χ1) is 14.9. The number of carbonyl (C=O) groups excluding carboxylic acids is 2. The average molecular weight is 436 g/mol. The van der Waals surface area contributed by atoms with Crippen LogP contribution in [0.15, 0.2) is 53.1 Å². The Morgan fingerprint density at radius 3 is 2.52 bits per heavy atom. The van der Waals surface area contributed by atoms with Crippen molar-refractivity contribution in [1.29, 1.82) is 5.26 Å². The molecule has 2 N–H and O–H groups in total. The summed E-state index contributed by atoms with van der Waals surface area (Å²) in [5.41, 5.74) is 4.20.